The molecule has 3 rings (SSSR count). The maximum Gasteiger partial charge on any atom is 0.309 e. The maximum atomic E-state index is 13.0. The van der Waals surface area contributed by atoms with Crippen molar-refractivity contribution in [2.24, 2.45) is 11.8 Å². The third-order valence-electron chi connectivity index (χ3n) is 4.07. The average molecular weight is 323 g/mol. The number of esters is 1. The van der Waals surface area contributed by atoms with Crippen molar-refractivity contribution in [2.45, 2.75) is 25.3 Å². The van der Waals surface area contributed by atoms with Gasteiger partial charge in [0.25, 0.3) is 0 Å². The number of carbonyl (C=O) groups is 2. The molecule has 1 aromatic carbocycles. The number of nitrogens with zero attached hydrogens (tertiary/aromatic N) is 1. The summed E-state index contributed by atoms with van der Waals surface area (Å²) >= 11 is 1.59. The number of halogens is 1. The number of thioether (sulfide) groups is 1. The minimum atomic E-state index is -0.285. The van der Waals surface area contributed by atoms with Crippen LogP contribution in [0, 0.1) is 17.7 Å². The molecule has 6 heteroatoms. The van der Waals surface area contributed by atoms with E-state index in [1.165, 1.54) is 12.1 Å². The molecule has 0 radical (unpaired) electrons. The quantitative estimate of drug-likeness (QED) is 0.781. The Kier molecular flexibility index (Phi) is 4.38. The van der Waals surface area contributed by atoms with Gasteiger partial charge in [-0.1, -0.05) is 12.1 Å². The maximum absolute atomic E-state index is 13.0. The van der Waals surface area contributed by atoms with Gasteiger partial charge in [0.1, 0.15) is 5.82 Å². The predicted molar refractivity (Wildman–Crippen MR) is 81.4 cm³/mol. The van der Waals surface area contributed by atoms with E-state index in [-0.39, 0.29) is 34.9 Å². The van der Waals surface area contributed by atoms with Crippen LogP contribution < -0.4 is 0 Å². The van der Waals surface area contributed by atoms with E-state index in [1.807, 2.05) is 4.90 Å². The molecule has 2 fully saturated rings. The zero-order valence-corrected chi connectivity index (χ0v) is 13.1. The molecule has 0 N–H and O–H groups in total. The Balaban J connectivity index is 1.66. The number of hydrogen-bond donors (Lipinski definition) is 0. The molecule has 1 aliphatic heterocycles. The Morgan fingerprint density at radius 1 is 1.41 bits per heavy atom. The molecule has 0 aromatic heterocycles. The number of hydrogen-bond acceptors (Lipinski definition) is 4. The van der Waals surface area contributed by atoms with Crippen molar-refractivity contribution in [3.8, 4) is 0 Å². The highest BCUT2D eigenvalue weighted by atomic mass is 32.2. The summed E-state index contributed by atoms with van der Waals surface area (Å²) in [7, 11) is 0. The lowest BCUT2D eigenvalue weighted by atomic mass is 10.2. The van der Waals surface area contributed by atoms with Gasteiger partial charge in [0.15, 0.2) is 0 Å². The largest absolute Gasteiger partial charge is 0.466 e. The normalized spacial score (nSPS) is 27.1. The van der Waals surface area contributed by atoms with Crippen LogP contribution in [0.4, 0.5) is 4.39 Å². The van der Waals surface area contributed by atoms with Gasteiger partial charge in [-0.05, 0) is 31.0 Å². The smallest absolute Gasteiger partial charge is 0.309 e. The van der Waals surface area contributed by atoms with Crippen LogP contribution in [0.1, 0.15) is 18.9 Å². The zero-order valence-electron chi connectivity index (χ0n) is 12.3. The minimum absolute atomic E-state index is 0.0203. The lowest BCUT2D eigenvalue weighted by Gasteiger charge is -2.24. The summed E-state index contributed by atoms with van der Waals surface area (Å²) in [6.07, 6.45) is 0.781. The molecule has 22 heavy (non-hydrogen) atoms. The fourth-order valence-electron chi connectivity index (χ4n) is 2.84. The third kappa shape index (κ3) is 3.11. The van der Waals surface area contributed by atoms with Crippen LogP contribution in [-0.4, -0.2) is 34.5 Å². The standard InChI is InChI=1S/C16H18FNO3S/c1-2-21-16(20)13-7-12(13)15-18(14(19)9-22-15)8-10-3-5-11(17)6-4-10/h3-6,12-13,15H,2,7-9H2,1H3. The summed E-state index contributed by atoms with van der Waals surface area (Å²) in [6.45, 7) is 2.64. The molecule has 2 aliphatic rings. The van der Waals surface area contributed by atoms with Gasteiger partial charge >= 0.3 is 5.97 Å². The van der Waals surface area contributed by atoms with Crippen LogP contribution >= 0.6 is 11.8 Å². The average Bonchev–Trinajstić information content (AvgIpc) is 3.22. The molecule has 1 saturated heterocycles. The number of carbonyl (C=O) groups excluding carboxylic acids is 2. The first-order chi connectivity index (χ1) is 10.6. The van der Waals surface area contributed by atoms with Crippen molar-refractivity contribution >= 4 is 23.6 Å². The van der Waals surface area contributed by atoms with Crippen LogP contribution in [0.25, 0.3) is 0 Å². The van der Waals surface area contributed by atoms with E-state index in [2.05, 4.69) is 0 Å². The topological polar surface area (TPSA) is 46.6 Å². The Morgan fingerprint density at radius 2 is 2.14 bits per heavy atom. The first-order valence-corrected chi connectivity index (χ1v) is 8.47. The fourth-order valence-corrected chi connectivity index (χ4v) is 4.24. The first kappa shape index (κ1) is 15.3. The minimum Gasteiger partial charge on any atom is -0.466 e. The van der Waals surface area contributed by atoms with Crippen molar-refractivity contribution < 1.29 is 18.7 Å². The molecule has 1 aromatic rings. The molecule has 1 saturated carbocycles. The predicted octanol–water partition coefficient (Wildman–Crippen LogP) is 2.43. The van der Waals surface area contributed by atoms with Gasteiger partial charge in [0, 0.05) is 12.5 Å². The van der Waals surface area contributed by atoms with Crippen molar-refractivity contribution in [1.82, 2.24) is 4.90 Å². The molecule has 0 spiro atoms. The van der Waals surface area contributed by atoms with Gasteiger partial charge in [-0.2, -0.15) is 0 Å². The molecule has 3 atom stereocenters. The van der Waals surface area contributed by atoms with E-state index < -0.39 is 0 Å². The van der Waals surface area contributed by atoms with Crippen LogP contribution in [0.5, 0.6) is 0 Å². The van der Waals surface area contributed by atoms with Crippen LogP contribution in [-0.2, 0) is 20.9 Å². The van der Waals surface area contributed by atoms with Gasteiger partial charge < -0.3 is 9.64 Å². The van der Waals surface area contributed by atoms with E-state index >= 15 is 0 Å². The summed E-state index contributed by atoms with van der Waals surface area (Å²) in [5.41, 5.74) is 0.899. The molecular formula is C16H18FNO3S. The van der Waals surface area contributed by atoms with Crippen LogP contribution in [0.2, 0.25) is 0 Å². The second-order valence-corrected chi connectivity index (χ2v) is 6.71. The van der Waals surface area contributed by atoms with Crippen LogP contribution in [0.3, 0.4) is 0 Å². The number of benzene rings is 1. The van der Waals surface area contributed by atoms with Crippen LogP contribution in [0.15, 0.2) is 24.3 Å². The Morgan fingerprint density at radius 3 is 2.82 bits per heavy atom. The van der Waals surface area contributed by atoms with E-state index in [9.17, 15) is 14.0 Å². The van der Waals surface area contributed by atoms with Crippen molar-refractivity contribution in [3.63, 3.8) is 0 Å². The summed E-state index contributed by atoms with van der Waals surface area (Å²) in [5.74, 6) is 0.169. The molecule has 1 amide bonds. The van der Waals surface area contributed by atoms with Gasteiger partial charge in [-0.15, -0.1) is 11.8 Å². The first-order valence-electron chi connectivity index (χ1n) is 7.42. The monoisotopic (exact) mass is 323 g/mol. The fraction of sp³-hybridized carbons (Fsp3) is 0.500. The summed E-state index contributed by atoms with van der Waals surface area (Å²) < 4.78 is 18.0. The van der Waals surface area contributed by atoms with Gasteiger partial charge in [0.05, 0.1) is 23.7 Å². The molecule has 3 unspecified atom stereocenters. The second-order valence-electron chi connectivity index (χ2n) is 5.61. The Hall–Kier alpha value is -1.56. The van der Waals surface area contributed by atoms with Crippen molar-refractivity contribution in [1.29, 1.82) is 0 Å². The lowest BCUT2D eigenvalue weighted by molar-refractivity contribution is -0.145. The molecule has 1 heterocycles. The Labute approximate surface area is 133 Å². The molecule has 4 nitrogen and oxygen atoms in total. The Bertz CT molecular complexity index is 577. The zero-order chi connectivity index (χ0) is 15.7. The highest BCUT2D eigenvalue weighted by Crippen LogP contribution is 2.49. The highest BCUT2D eigenvalue weighted by Gasteiger charge is 2.53. The van der Waals surface area contributed by atoms with E-state index in [1.54, 1.807) is 30.8 Å². The van der Waals surface area contributed by atoms with E-state index in [0.29, 0.717) is 18.9 Å². The number of ether oxygens (including phenoxy) is 1. The third-order valence-corrected chi connectivity index (χ3v) is 5.43. The molecule has 0 bridgehead atoms. The van der Waals surface area contributed by atoms with Gasteiger partial charge in [0.2, 0.25) is 5.91 Å². The van der Waals surface area contributed by atoms with Gasteiger partial charge in [-0.3, -0.25) is 9.59 Å². The summed E-state index contributed by atoms with van der Waals surface area (Å²) in [4.78, 5) is 25.7. The molecule has 118 valence electrons. The highest BCUT2D eigenvalue weighted by molar-refractivity contribution is 8.01. The van der Waals surface area contributed by atoms with Crippen molar-refractivity contribution in [3.05, 3.63) is 35.6 Å². The molecular weight excluding hydrogens is 305 g/mol. The van der Waals surface area contributed by atoms with E-state index in [0.717, 1.165) is 12.0 Å². The number of rotatable bonds is 5. The number of amides is 1. The summed E-state index contributed by atoms with van der Waals surface area (Å²) in [6, 6.07) is 6.18. The van der Waals surface area contributed by atoms with E-state index in [4.69, 9.17) is 4.74 Å². The van der Waals surface area contributed by atoms with Gasteiger partial charge in [-0.25, -0.2) is 4.39 Å². The SMILES string of the molecule is CCOC(=O)C1CC1C1SCC(=O)N1Cc1ccc(F)cc1. The van der Waals surface area contributed by atoms with Crippen molar-refractivity contribution in [2.75, 3.05) is 12.4 Å². The summed E-state index contributed by atoms with van der Waals surface area (Å²) in [5, 5.41) is 0.0203. The lowest BCUT2D eigenvalue weighted by Crippen LogP contribution is -2.34. The second kappa shape index (κ2) is 6.28. The molecule has 1 aliphatic carbocycles.